The Labute approximate surface area is 141 Å². The molecule has 0 atom stereocenters. The molecule has 0 aliphatic heterocycles. The Hall–Kier alpha value is -1.07. The number of aromatic nitrogens is 2. The van der Waals surface area contributed by atoms with Gasteiger partial charge in [0.25, 0.3) is 0 Å². The molecule has 2 rings (SSSR count). The average Bonchev–Trinajstić information content (AvgIpc) is 2.42. The van der Waals surface area contributed by atoms with Crippen molar-refractivity contribution < 1.29 is 4.79 Å². The van der Waals surface area contributed by atoms with Gasteiger partial charge in [-0.15, -0.1) is 0 Å². The highest BCUT2D eigenvalue weighted by atomic mass is 35.5. The first kappa shape index (κ1) is 16.3. The van der Waals surface area contributed by atoms with Crippen LogP contribution in [0.15, 0.2) is 24.5 Å². The van der Waals surface area contributed by atoms with Crippen molar-refractivity contribution in [3.63, 3.8) is 0 Å². The second kappa shape index (κ2) is 7.27. The topological polar surface area (TPSA) is 54.9 Å². The molecule has 21 heavy (non-hydrogen) atoms. The molecule has 2 aromatic heterocycles. The molecule has 4 nitrogen and oxygen atoms in total. The number of amides is 1. The van der Waals surface area contributed by atoms with Crippen molar-refractivity contribution in [2.45, 2.75) is 13.0 Å². The van der Waals surface area contributed by atoms with E-state index in [1.54, 1.807) is 12.1 Å². The predicted molar refractivity (Wildman–Crippen MR) is 84.1 cm³/mol. The van der Waals surface area contributed by atoms with Crippen molar-refractivity contribution in [2.24, 2.45) is 0 Å². The van der Waals surface area contributed by atoms with Crippen LogP contribution in [0.5, 0.6) is 0 Å². The third-order valence-corrected chi connectivity index (χ3v) is 3.83. The van der Waals surface area contributed by atoms with E-state index in [4.69, 9.17) is 46.4 Å². The van der Waals surface area contributed by atoms with E-state index >= 15 is 0 Å². The molecule has 0 aromatic carbocycles. The van der Waals surface area contributed by atoms with Gasteiger partial charge in [-0.25, -0.2) is 4.98 Å². The zero-order valence-corrected chi connectivity index (χ0v) is 13.6. The monoisotopic (exact) mass is 363 g/mol. The fraction of sp³-hybridized carbons (Fsp3) is 0.154. The summed E-state index contributed by atoms with van der Waals surface area (Å²) in [5.74, 6) is -0.264. The molecule has 1 N–H and O–H groups in total. The molecule has 0 aliphatic rings. The van der Waals surface area contributed by atoms with Gasteiger partial charge >= 0.3 is 0 Å². The van der Waals surface area contributed by atoms with Gasteiger partial charge in [-0.1, -0.05) is 46.4 Å². The number of nitrogens with one attached hydrogen (secondary N) is 1. The van der Waals surface area contributed by atoms with E-state index < -0.39 is 0 Å². The Morgan fingerprint density at radius 1 is 1.14 bits per heavy atom. The molecule has 2 aromatic rings. The van der Waals surface area contributed by atoms with Crippen molar-refractivity contribution in [3.8, 4) is 0 Å². The lowest BCUT2D eigenvalue weighted by atomic mass is 10.2. The number of rotatable bonds is 4. The Morgan fingerprint density at radius 3 is 2.57 bits per heavy atom. The molecule has 0 aliphatic carbocycles. The highest BCUT2D eigenvalue weighted by Crippen LogP contribution is 2.22. The number of hydrogen-bond donors (Lipinski definition) is 1. The largest absolute Gasteiger partial charge is 0.350 e. The lowest BCUT2D eigenvalue weighted by Gasteiger charge is -2.08. The summed E-state index contributed by atoms with van der Waals surface area (Å²) in [5, 5.41) is 4.12. The van der Waals surface area contributed by atoms with Gasteiger partial charge < -0.3 is 5.32 Å². The van der Waals surface area contributed by atoms with Crippen molar-refractivity contribution in [1.29, 1.82) is 0 Å². The number of halogens is 4. The molecule has 0 fully saturated rings. The number of pyridine rings is 2. The first-order valence-corrected chi connectivity index (χ1v) is 7.34. The minimum atomic E-state index is -0.264. The van der Waals surface area contributed by atoms with Crippen LogP contribution in [-0.4, -0.2) is 15.9 Å². The van der Waals surface area contributed by atoms with Gasteiger partial charge in [0.1, 0.15) is 5.15 Å². The normalized spacial score (nSPS) is 10.5. The molecule has 2 heterocycles. The smallest absolute Gasteiger partial charge is 0.224 e. The molecular formula is C13H9Cl4N3O. The summed E-state index contributed by atoms with van der Waals surface area (Å²) in [5.41, 5.74) is 1.01. The standard InChI is InChI=1S/C13H9Cl4N3O/c14-7-3-10(16)11(19-5-7)6-20-12(21)4-8-9(15)1-2-18-13(8)17/h1-3,5H,4,6H2,(H,20,21). The fourth-order valence-electron chi connectivity index (χ4n) is 1.58. The van der Waals surface area contributed by atoms with E-state index in [0.29, 0.717) is 26.3 Å². The van der Waals surface area contributed by atoms with E-state index in [-0.39, 0.29) is 24.0 Å². The third kappa shape index (κ3) is 4.45. The van der Waals surface area contributed by atoms with E-state index in [9.17, 15) is 4.79 Å². The summed E-state index contributed by atoms with van der Waals surface area (Å²) in [4.78, 5) is 19.9. The van der Waals surface area contributed by atoms with Crippen LogP contribution in [0.3, 0.4) is 0 Å². The van der Waals surface area contributed by atoms with Crippen LogP contribution in [0.4, 0.5) is 0 Å². The van der Waals surface area contributed by atoms with Crippen LogP contribution in [0.2, 0.25) is 20.2 Å². The van der Waals surface area contributed by atoms with E-state index in [1.165, 1.54) is 12.4 Å². The van der Waals surface area contributed by atoms with Crippen LogP contribution >= 0.6 is 46.4 Å². The SMILES string of the molecule is O=C(Cc1c(Cl)ccnc1Cl)NCc1ncc(Cl)cc1Cl. The summed E-state index contributed by atoms with van der Waals surface area (Å²) in [6, 6.07) is 3.14. The van der Waals surface area contributed by atoms with Gasteiger partial charge in [-0.3, -0.25) is 9.78 Å². The molecule has 0 saturated carbocycles. The van der Waals surface area contributed by atoms with Crippen LogP contribution in [-0.2, 0) is 17.8 Å². The van der Waals surface area contributed by atoms with E-state index in [2.05, 4.69) is 15.3 Å². The maximum atomic E-state index is 11.9. The second-order valence-corrected chi connectivity index (χ2v) is 5.71. The van der Waals surface area contributed by atoms with Crippen LogP contribution in [0, 0.1) is 0 Å². The molecule has 0 radical (unpaired) electrons. The molecule has 1 amide bonds. The molecular weight excluding hydrogens is 356 g/mol. The zero-order chi connectivity index (χ0) is 15.4. The summed E-state index contributed by atoms with van der Waals surface area (Å²) in [7, 11) is 0. The van der Waals surface area contributed by atoms with Gasteiger partial charge in [-0.2, -0.15) is 0 Å². The highest BCUT2D eigenvalue weighted by molar-refractivity contribution is 6.35. The predicted octanol–water partition coefficient (Wildman–Crippen LogP) is 3.95. The third-order valence-electron chi connectivity index (χ3n) is 2.62. The van der Waals surface area contributed by atoms with Gasteiger partial charge in [0, 0.05) is 23.0 Å². The van der Waals surface area contributed by atoms with Crippen LogP contribution in [0.25, 0.3) is 0 Å². The number of carbonyl (C=O) groups is 1. The summed E-state index contributed by atoms with van der Waals surface area (Å²) in [6.07, 6.45) is 2.96. The molecule has 0 bridgehead atoms. The van der Waals surface area contributed by atoms with Crippen LogP contribution in [0.1, 0.15) is 11.3 Å². The minimum Gasteiger partial charge on any atom is -0.350 e. The van der Waals surface area contributed by atoms with E-state index in [1.807, 2.05) is 0 Å². The van der Waals surface area contributed by atoms with Crippen molar-refractivity contribution in [2.75, 3.05) is 0 Å². The molecule has 0 spiro atoms. The van der Waals surface area contributed by atoms with Crippen molar-refractivity contribution >= 4 is 52.3 Å². The maximum absolute atomic E-state index is 11.9. The van der Waals surface area contributed by atoms with Crippen molar-refractivity contribution in [1.82, 2.24) is 15.3 Å². The highest BCUT2D eigenvalue weighted by Gasteiger charge is 2.12. The average molecular weight is 365 g/mol. The zero-order valence-electron chi connectivity index (χ0n) is 10.5. The second-order valence-electron chi connectivity index (χ2n) is 4.10. The summed E-state index contributed by atoms with van der Waals surface area (Å²) in [6.45, 7) is 0.185. The number of carbonyl (C=O) groups excluding carboxylic acids is 1. The Balaban J connectivity index is 1.99. The first-order valence-electron chi connectivity index (χ1n) is 5.83. The van der Waals surface area contributed by atoms with Crippen LogP contribution < -0.4 is 5.32 Å². The quantitative estimate of drug-likeness (QED) is 0.835. The minimum absolute atomic E-state index is 0.0245. The van der Waals surface area contributed by atoms with Gasteiger partial charge in [0.2, 0.25) is 5.91 Å². The first-order chi connectivity index (χ1) is 9.97. The fourth-order valence-corrected chi connectivity index (χ4v) is 2.51. The Kier molecular flexibility index (Phi) is 5.65. The number of hydrogen-bond acceptors (Lipinski definition) is 3. The van der Waals surface area contributed by atoms with Gasteiger partial charge in [-0.05, 0) is 12.1 Å². The Morgan fingerprint density at radius 2 is 1.90 bits per heavy atom. The molecule has 8 heteroatoms. The van der Waals surface area contributed by atoms with Gasteiger partial charge in [0.05, 0.1) is 28.7 Å². The molecule has 110 valence electrons. The molecule has 0 unspecified atom stereocenters. The summed E-state index contributed by atoms with van der Waals surface area (Å²) >= 11 is 23.6. The Bertz CT molecular complexity index is 658. The van der Waals surface area contributed by atoms with Crippen molar-refractivity contribution in [3.05, 3.63) is 56.0 Å². The lowest BCUT2D eigenvalue weighted by Crippen LogP contribution is -2.25. The molecule has 0 saturated heterocycles. The maximum Gasteiger partial charge on any atom is 0.224 e. The van der Waals surface area contributed by atoms with E-state index in [0.717, 1.165) is 0 Å². The van der Waals surface area contributed by atoms with Gasteiger partial charge in [0.15, 0.2) is 0 Å². The number of nitrogens with zero attached hydrogens (tertiary/aromatic N) is 2. The lowest BCUT2D eigenvalue weighted by molar-refractivity contribution is -0.120. The summed E-state index contributed by atoms with van der Waals surface area (Å²) < 4.78 is 0.